The van der Waals surface area contributed by atoms with Crippen molar-refractivity contribution in [2.75, 3.05) is 11.9 Å². The smallest absolute Gasteiger partial charge is 0.335 e. The van der Waals surface area contributed by atoms with E-state index in [-0.39, 0.29) is 11.5 Å². The van der Waals surface area contributed by atoms with Crippen LogP contribution in [0.2, 0.25) is 0 Å². The van der Waals surface area contributed by atoms with Crippen LogP contribution < -0.4 is 10.1 Å². The summed E-state index contributed by atoms with van der Waals surface area (Å²) in [5.74, 6) is -0.199. The Bertz CT molecular complexity index is 781. The molecule has 1 fully saturated rings. The maximum Gasteiger partial charge on any atom is 0.335 e. The number of carbonyl (C=O) groups excluding carboxylic acids is 1. The Balaban J connectivity index is 1.79. The van der Waals surface area contributed by atoms with E-state index in [1.54, 1.807) is 24.3 Å². The summed E-state index contributed by atoms with van der Waals surface area (Å²) < 4.78 is 5.76. The van der Waals surface area contributed by atoms with Crippen molar-refractivity contribution in [3.63, 3.8) is 0 Å². The fourth-order valence-electron chi connectivity index (χ4n) is 2.35. The van der Waals surface area contributed by atoms with E-state index in [2.05, 4.69) is 5.32 Å². The normalized spacial score (nSPS) is 13.4. The predicted octanol–water partition coefficient (Wildman–Crippen LogP) is 3.73. The molecule has 124 valence electrons. The maximum absolute atomic E-state index is 12.6. The first-order valence-corrected chi connectivity index (χ1v) is 7.91. The van der Waals surface area contributed by atoms with E-state index in [1.807, 2.05) is 13.0 Å². The van der Waals surface area contributed by atoms with Crippen LogP contribution in [0.15, 0.2) is 42.5 Å². The van der Waals surface area contributed by atoms with Gasteiger partial charge in [0.05, 0.1) is 17.7 Å². The molecule has 3 rings (SSSR count). The van der Waals surface area contributed by atoms with Crippen LogP contribution in [0.3, 0.4) is 0 Å². The monoisotopic (exact) mass is 325 g/mol. The summed E-state index contributed by atoms with van der Waals surface area (Å²) in [7, 11) is 0. The summed E-state index contributed by atoms with van der Waals surface area (Å²) in [5.41, 5.74) is 1.86. The number of hydrogen-bond donors (Lipinski definition) is 2. The lowest BCUT2D eigenvalue weighted by Crippen LogP contribution is -2.15. The molecule has 0 saturated heterocycles. The number of amides is 1. The van der Waals surface area contributed by atoms with Gasteiger partial charge in [0.2, 0.25) is 0 Å². The van der Waals surface area contributed by atoms with Crippen LogP contribution in [0.25, 0.3) is 0 Å². The lowest BCUT2D eigenvalue weighted by Gasteiger charge is -2.13. The number of aromatic carboxylic acids is 1. The average Bonchev–Trinajstić information content (AvgIpc) is 3.39. The minimum absolute atomic E-state index is 0.133. The van der Waals surface area contributed by atoms with E-state index in [0.717, 1.165) is 5.56 Å². The number of nitrogens with one attached hydrogen (secondary N) is 1. The zero-order chi connectivity index (χ0) is 17.1. The number of aryl methyl sites for hydroxylation is 1. The summed E-state index contributed by atoms with van der Waals surface area (Å²) in [6, 6.07) is 11.7. The van der Waals surface area contributed by atoms with Gasteiger partial charge in [-0.2, -0.15) is 0 Å². The van der Waals surface area contributed by atoms with Gasteiger partial charge in [-0.1, -0.05) is 18.2 Å². The summed E-state index contributed by atoms with van der Waals surface area (Å²) in [6.07, 6.45) is 2.35. The van der Waals surface area contributed by atoms with Gasteiger partial charge in [-0.3, -0.25) is 4.79 Å². The molecule has 2 aromatic carbocycles. The minimum atomic E-state index is -1.03. The van der Waals surface area contributed by atoms with E-state index in [4.69, 9.17) is 9.84 Å². The molecule has 0 bridgehead atoms. The van der Waals surface area contributed by atoms with Crippen LogP contribution in [0.5, 0.6) is 5.75 Å². The number of hydrogen-bond acceptors (Lipinski definition) is 3. The Labute approximate surface area is 140 Å². The summed E-state index contributed by atoms with van der Waals surface area (Å²) in [6.45, 7) is 2.44. The molecule has 0 heterocycles. The Kier molecular flexibility index (Phi) is 4.51. The molecule has 2 N–H and O–H groups in total. The third-order valence-electron chi connectivity index (χ3n) is 4.04. The highest BCUT2D eigenvalue weighted by atomic mass is 16.5. The van der Waals surface area contributed by atoms with Crippen molar-refractivity contribution in [3.8, 4) is 5.75 Å². The number of rotatable bonds is 6. The average molecular weight is 325 g/mol. The largest absolute Gasteiger partial charge is 0.492 e. The first kappa shape index (κ1) is 16.1. The molecule has 0 unspecified atom stereocenters. The fraction of sp³-hybridized carbons (Fsp3) is 0.263. The van der Waals surface area contributed by atoms with Crippen molar-refractivity contribution >= 4 is 17.6 Å². The molecule has 5 heteroatoms. The number of para-hydroxylation sites is 1. The Morgan fingerprint density at radius 1 is 1.21 bits per heavy atom. The van der Waals surface area contributed by atoms with Crippen molar-refractivity contribution in [1.82, 2.24) is 0 Å². The molecular formula is C19H19NO4. The Hall–Kier alpha value is -2.82. The summed E-state index contributed by atoms with van der Waals surface area (Å²) >= 11 is 0. The van der Waals surface area contributed by atoms with E-state index >= 15 is 0 Å². The molecule has 1 aliphatic rings. The van der Waals surface area contributed by atoms with Crippen LogP contribution in [-0.2, 0) is 0 Å². The fourth-order valence-corrected chi connectivity index (χ4v) is 2.35. The zero-order valence-corrected chi connectivity index (χ0v) is 13.4. The summed E-state index contributed by atoms with van der Waals surface area (Å²) in [5, 5.41) is 11.9. The van der Waals surface area contributed by atoms with E-state index in [1.165, 1.54) is 25.0 Å². The second kappa shape index (κ2) is 6.74. The van der Waals surface area contributed by atoms with E-state index in [0.29, 0.717) is 29.5 Å². The topological polar surface area (TPSA) is 75.6 Å². The predicted molar refractivity (Wildman–Crippen MR) is 90.8 cm³/mol. The van der Waals surface area contributed by atoms with E-state index in [9.17, 15) is 9.59 Å². The van der Waals surface area contributed by atoms with Crippen molar-refractivity contribution in [1.29, 1.82) is 0 Å². The third-order valence-corrected chi connectivity index (χ3v) is 4.04. The highest BCUT2D eigenvalue weighted by molar-refractivity contribution is 6.07. The molecule has 24 heavy (non-hydrogen) atoms. The number of anilines is 1. The Morgan fingerprint density at radius 3 is 2.67 bits per heavy atom. The van der Waals surface area contributed by atoms with Gasteiger partial charge < -0.3 is 15.2 Å². The quantitative estimate of drug-likeness (QED) is 0.848. The highest BCUT2D eigenvalue weighted by Gasteiger charge is 2.23. The second-order valence-electron chi connectivity index (χ2n) is 6.04. The van der Waals surface area contributed by atoms with Crippen molar-refractivity contribution in [2.45, 2.75) is 19.8 Å². The molecule has 0 aromatic heterocycles. The first-order chi connectivity index (χ1) is 11.5. The van der Waals surface area contributed by atoms with Gasteiger partial charge in [-0.05, 0) is 55.5 Å². The molecule has 5 nitrogen and oxygen atoms in total. The first-order valence-electron chi connectivity index (χ1n) is 7.91. The number of carbonyl (C=O) groups is 2. The van der Waals surface area contributed by atoms with Crippen LogP contribution in [0.1, 0.15) is 39.1 Å². The minimum Gasteiger partial charge on any atom is -0.492 e. The highest BCUT2D eigenvalue weighted by Crippen LogP contribution is 2.30. The number of carboxylic acids is 1. The van der Waals surface area contributed by atoms with Gasteiger partial charge in [0, 0.05) is 5.69 Å². The number of ether oxygens (including phenoxy) is 1. The van der Waals surface area contributed by atoms with Crippen LogP contribution in [0.4, 0.5) is 5.69 Å². The zero-order valence-electron chi connectivity index (χ0n) is 13.4. The van der Waals surface area contributed by atoms with Gasteiger partial charge >= 0.3 is 5.97 Å². The van der Waals surface area contributed by atoms with E-state index < -0.39 is 5.97 Å². The number of benzene rings is 2. The molecule has 0 aliphatic heterocycles. The van der Waals surface area contributed by atoms with Crippen LogP contribution >= 0.6 is 0 Å². The molecule has 1 amide bonds. The molecule has 0 atom stereocenters. The lowest BCUT2D eigenvalue weighted by molar-refractivity contribution is 0.0696. The summed E-state index contributed by atoms with van der Waals surface area (Å²) in [4.78, 5) is 23.7. The molecule has 1 saturated carbocycles. The van der Waals surface area contributed by atoms with Crippen molar-refractivity contribution in [2.24, 2.45) is 5.92 Å². The standard InChI is InChI=1S/C19H19NO4/c1-12-6-9-14(19(22)23)10-16(12)20-18(21)15-4-2-3-5-17(15)24-11-13-7-8-13/h2-6,9-10,13H,7-8,11H2,1H3,(H,20,21)(H,22,23). The number of carboxylic acid groups (broad SMARTS) is 1. The van der Waals surface area contributed by atoms with Gasteiger partial charge in [-0.25, -0.2) is 4.79 Å². The molecule has 2 aromatic rings. The molecule has 1 aliphatic carbocycles. The van der Waals surface area contributed by atoms with Crippen LogP contribution in [0, 0.1) is 12.8 Å². The van der Waals surface area contributed by atoms with Crippen LogP contribution in [-0.4, -0.2) is 23.6 Å². The van der Waals surface area contributed by atoms with Gasteiger partial charge in [-0.15, -0.1) is 0 Å². The van der Waals surface area contributed by atoms with Gasteiger partial charge in [0.25, 0.3) is 5.91 Å². The molecular weight excluding hydrogens is 306 g/mol. The van der Waals surface area contributed by atoms with Gasteiger partial charge in [0.15, 0.2) is 0 Å². The lowest BCUT2D eigenvalue weighted by atomic mass is 10.1. The second-order valence-corrected chi connectivity index (χ2v) is 6.04. The van der Waals surface area contributed by atoms with Gasteiger partial charge in [0.1, 0.15) is 5.75 Å². The third kappa shape index (κ3) is 3.74. The molecule has 0 spiro atoms. The Morgan fingerprint density at radius 2 is 1.96 bits per heavy atom. The van der Waals surface area contributed by atoms with Crippen molar-refractivity contribution in [3.05, 3.63) is 59.2 Å². The SMILES string of the molecule is Cc1ccc(C(=O)O)cc1NC(=O)c1ccccc1OCC1CC1. The molecule has 0 radical (unpaired) electrons. The van der Waals surface area contributed by atoms with Crippen molar-refractivity contribution < 1.29 is 19.4 Å². The maximum atomic E-state index is 12.6.